The fourth-order valence-corrected chi connectivity index (χ4v) is 2.06. The average molecular weight is 289 g/mol. The predicted molar refractivity (Wildman–Crippen MR) is 70.5 cm³/mol. The summed E-state index contributed by atoms with van der Waals surface area (Å²) in [4.78, 5) is 8.40. The van der Waals surface area contributed by atoms with E-state index in [0.717, 1.165) is 15.7 Å². The van der Waals surface area contributed by atoms with E-state index in [1.165, 1.54) is 0 Å². The van der Waals surface area contributed by atoms with Crippen molar-refractivity contribution in [1.82, 2.24) is 14.4 Å². The van der Waals surface area contributed by atoms with Gasteiger partial charge in [0.25, 0.3) is 0 Å². The van der Waals surface area contributed by atoms with Gasteiger partial charge in [0.05, 0.1) is 5.69 Å². The van der Waals surface area contributed by atoms with E-state index >= 15 is 0 Å². The lowest BCUT2D eigenvalue weighted by Gasteiger charge is -2.02. The molecule has 4 nitrogen and oxygen atoms in total. The van der Waals surface area contributed by atoms with E-state index in [4.69, 9.17) is 5.73 Å². The Balaban J connectivity index is 2.29. The monoisotopic (exact) mass is 288 g/mol. The Morgan fingerprint density at radius 3 is 2.71 bits per heavy atom. The number of nitrogen functional groups attached to an aromatic ring is 1. The maximum atomic E-state index is 5.94. The molecule has 17 heavy (non-hydrogen) atoms. The zero-order valence-corrected chi connectivity index (χ0v) is 10.4. The van der Waals surface area contributed by atoms with Crippen LogP contribution in [0.25, 0.3) is 17.0 Å². The Morgan fingerprint density at radius 2 is 1.94 bits per heavy atom. The predicted octanol–water partition coefficient (Wildman–Crippen LogP) is 2.74. The molecule has 0 amide bonds. The van der Waals surface area contributed by atoms with Crippen LogP contribution >= 0.6 is 15.9 Å². The number of imidazole rings is 1. The van der Waals surface area contributed by atoms with E-state index in [-0.39, 0.29) is 0 Å². The first kappa shape index (κ1) is 10.3. The highest BCUT2D eigenvalue weighted by molar-refractivity contribution is 9.10. The van der Waals surface area contributed by atoms with E-state index < -0.39 is 0 Å². The fraction of sp³-hybridized carbons (Fsp3) is 0. The quantitative estimate of drug-likeness (QED) is 0.749. The molecule has 0 unspecified atom stereocenters. The topological polar surface area (TPSA) is 56.2 Å². The summed E-state index contributed by atoms with van der Waals surface area (Å²) < 4.78 is 2.92. The van der Waals surface area contributed by atoms with Gasteiger partial charge in [-0.15, -0.1) is 0 Å². The zero-order chi connectivity index (χ0) is 11.8. The van der Waals surface area contributed by atoms with Crippen LogP contribution in [0.15, 0.2) is 47.2 Å². The van der Waals surface area contributed by atoms with Gasteiger partial charge in [-0.05, 0) is 18.2 Å². The van der Waals surface area contributed by atoms with Crippen molar-refractivity contribution < 1.29 is 0 Å². The second-order valence-corrected chi connectivity index (χ2v) is 4.56. The Labute approximate surface area is 106 Å². The third-order valence-corrected chi connectivity index (χ3v) is 3.08. The first-order valence-corrected chi connectivity index (χ1v) is 5.89. The minimum atomic E-state index is 0.492. The summed E-state index contributed by atoms with van der Waals surface area (Å²) in [6, 6.07) is 9.80. The van der Waals surface area contributed by atoms with Gasteiger partial charge in [-0.3, -0.25) is 4.40 Å². The van der Waals surface area contributed by atoms with E-state index in [1.54, 1.807) is 6.20 Å². The molecule has 0 bridgehead atoms. The number of nitrogens with zero attached hydrogens (tertiary/aromatic N) is 3. The molecule has 0 spiro atoms. The molecule has 3 rings (SSSR count). The third kappa shape index (κ3) is 1.68. The SMILES string of the molecule is Nc1nc2ncccn2c1-c1ccc(Br)cc1. The molecule has 0 aliphatic heterocycles. The van der Waals surface area contributed by atoms with Crippen LogP contribution in [0.1, 0.15) is 0 Å². The maximum Gasteiger partial charge on any atom is 0.236 e. The van der Waals surface area contributed by atoms with Gasteiger partial charge in [0.1, 0.15) is 0 Å². The van der Waals surface area contributed by atoms with Crippen LogP contribution in [-0.4, -0.2) is 14.4 Å². The van der Waals surface area contributed by atoms with Crippen molar-refractivity contribution in [2.45, 2.75) is 0 Å². The van der Waals surface area contributed by atoms with Crippen molar-refractivity contribution >= 4 is 27.5 Å². The van der Waals surface area contributed by atoms with Gasteiger partial charge in [-0.2, -0.15) is 4.98 Å². The molecule has 0 radical (unpaired) electrons. The zero-order valence-electron chi connectivity index (χ0n) is 8.84. The molecule has 2 heterocycles. The number of hydrogen-bond acceptors (Lipinski definition) is 3. The molecular formula is C12H9BrN4. The van der Waals surface area contributed by atoms with Crippen molar-refractivity contribution in [3.63, 3.8) is 0 Å². The van der Waals surface area contributed by atoms with Gasteiger partial charge in [0.15, 0.2) is 5.82 Å². The number of fused-ring (bicyclic) bond motifs is 1. The Morgan fingerprint density at radius 1 is 1.18 bits per heavy atom. The van der Waals surface area contributed by atoms with Gasteiger partial charge in [0, 0.05) is 22.4 Å². The summed E-state index contributed by atoms with van der Waals surface area (Å²) in [5, 5.41) is 0. The van der Waals surface area contributed by atoms with Crippen LogP contribution in [0, 0.1) is 0 Å². The molecule has 3 aromatic rings. The molecule has 84 valence electrons. The largest absolute Gasteiger partial charge is 0.382 e. The summed E-state index contributed by atoms with van der Waals surface area (Å²) in [7, 11) is 0. The molecule has 0 fully saturated rings. The molecule has 2 aromatic heterocycles. The smallest absolute Gasteiger partial charge is 0.236 e. The Bertz CT molecular complexity index is 673. The molecule has 2 N–H and O–H groups in total. The van der Waals surface area contributed by atoms with Gasteiger partial charge < -0.3 is 5.73 Å². The lowest BCUT2D eigenvalue weighted by molar-refractivity contribution is 1.11. The first-order chi connectivity index (χ1) is 8.25. The van der Waals surface area contributed by atoms with Crippen LogP contribution in [0.5, 0.6) is 0 Å². The molecule has 0 aliphatic rings. The minimum Gasteiger partial charge on any atom is -0.382 e. The second-order valence-electron chi connectivity index (χ2n) is 3.64. The van der Waals surface area contributed by atoms with Crippen LogP contribution < -0.4 is 5.73 Å². The van der Waals surface area contributed by atoms with E-state index in [1.807, 2.05) is 40.9 Å². The summed E-state index contributed by atoms with van der Waals surface area (Å²) in [6.45, 7) is 0. The number of nitrogens with two attached hydrogens (primary N) is 1. The third-order valence-electron chi connectivity index (χ3n) is 2.55. The minimum absolute atomic E-state index is 0.492. The highest BCUT2D eigenvalue weighted by atomic mass is 79.9. The fourth-order valence-electron chi connectivity index (χ4n) is 1.80. The molecule has 0 aliphatic carbocycles. The number of aromatic nitrogens is 3. The van der Waals surface area contributed by atoms with Crippen molar-refractivity contribution in [3.05, 3.63) is 47.2 Å². The highest BCUT2D eigenvalue weighted by Crippen LogP contribution is 2.27. The van der Waals surface area contributed by atoms with Crippen LogP contribution in [0.4, 0.5) is 5.82 Å². The van der Waals surface area contributed by atoms with E-state index in [0.29, 0.717) is 11.6 Å². The van der Waals surface area contributed by atoms with Crippen molar-refractivity contribution in [2.75, 3.05) is 5.73 Å². The van der Waals surface area contributed by atoms with Gasteiger partial charge in [-0.25, -0.2) is 4.98 Å². The number of anilines is 1. The highest BCUT2D eigenvalue weighted by Gasteiger charge is 2.11. The summed E-state index contributed by atoms with van der Waals surface area (Å²) >= 11 is 3.41. The van der Waals surface area contributed by atoms with Crippen LogP contribution in [0.2, 0.25) is 0 Å². The molecule has 0 atom stereocenters. The lowest BCUT2D eigenvalue weighted by Crippen LogP contribution is -1.92. The average Bonchev–Trinajstić information content (AvgIpc) is 2.66. The summed E-state index contributed by atoms with van der Waals surface area (Å²) in [5.41, 5.74) is 7.83. The summed E-state index contributed by atoms with van der Waals surface area (Å²) in [5.74, 6) is 1.11. The van der Waals surface area contributed by atoms with Crippen molar-refractivity contribution in [1.29, 1.82) is 0 Å². The normalized spacial score (nSPS) is 10.9. The number of benzene rings is 1. The van der Waals surface area contributed by atoms with Crippen LogP contribution in [-0.2, 0) is 0 Å². The molecule has 0 saturated carbocycles. The lowest BCUT2D eigenvalue weighted by atomic mass is 10.1. The molecule has 0 saturated heterocycles. The molecule has 1 aromatic carbocycles. The first-order valence-electron chi connectivity index (χ1n) is 5.10. The van der Waals surface area contributed by atoms with Crippen molar-refractivity contribution in [3.8, 4) is 11.3 Å². The number of halogens is 1. The Kier molecular flexibility index (Phi) is 2.33. The molecule has 5 heteroatoms. The number of hydrogen-bond donors (Lipinski definition) is 1. The van der Waals surface area contributed by atoms with Crippen LogP contribution in [0.3, 0.4) is 0 Å². The van der Waals surface area contributed by atoms with Crippen molar-refractivity contribution in [2.24, 2.45) is 0 Å². The van der Waals surface area contributed by atoms with E-state index in [9.17, 15) is 0 Å². The standard InChI is InChI=1S/C12H9BrN4/c13-9-4-2-8(3-5-9)10-11(14)16-12-15-6-1-7-17(10)12/h1-7H,14H2. The Hall–Kier alpha value is -1.88. The number of rotatable bonds is 1. The van der Waals surface area contributed by atoms with E-state index in [2.05, 4.69) is 25.9 Å². The molecular weight excluding hydrogens is 280 g/mol. The maximum absolute atomic E-state index is 5.94. The van der Waals surface area contributed by atoms with Gasteiger partial charge in [-0.1, -0.05) is 28.1 Å². The summed E-state index contributed by atoms with van der Waals surface area (Å²) in [6.07, 6.45) is 3.61. The van der Waals surface area contributed by atoms with Gasteiger partial charge in [0.2, 0.25) is 5.78 Å². The second kappa shape index (κ2) is 3.85. The van der Waals surface area contributed by atoms with Gasteiger partial charge >= 0.3 is 0 Å².